The Balaban J connectivity index is 2.42. The lowest BCUT2D eigenvalue weighted by Gasteiger charge is -2.10. The Morgan fingerprint density at radius 1 is 0.500 bits per heavy atom. The van der Waals surface area contributed by atoms with Crippen LogP contribution >= 0.6 is 0 Å². The van der Waals surface area contributed by atoms with Crippen molar-refractivity contribution >= 4 is 32.3 Å². The molecule has 4 aromatic carbocycles. The Labute approximate surface area is 114 Å². The van der Waals surface area contributed by atoms with Gasteiger partial charge in [-0.25, -0.2) is 8.78 Å². The number of rotatable bonds is 0. The molecule has 0 aliphatic carbocycles. The summed E-state index contributed by atoms with van der Waals surface area (Å²) in [6, 6.07) is 18.3. The summed E-state index contributed by atoms with van der Waals surface area (Å²) in [5, 5.41) is 4.15. The summed E-state index contributed by atoms with van der Waals surface area (Å²) in [4.78, 5) is 0. The minimum atomic E-state index is -0.775. The molecule has 0 spiro atoms. The van der Waals surface area contributed by atoms with Crippen LogP contribution in [0.5, 0.6) is 0 Å². The third kappa shape index (κ3) is 1.39. The second-order valence-electron chi connectivity index (χ2n) is 4.88. The molecule has 20 heavy (non-hydrogen) atoms. The summed E-state index contributed by atoms with van der Waals surface area (Å²) in [5.74, 6) is -1.55. The molecule has 0 saturated carbocycles. The van der Waals surface area contributed by atoms with Gasteiger partial charge in [0, 0.05) is 16.2 Å². The molecule has 4 aromatic rings. The molecule has 0 aromatic heterocycles. The van der Waals surface area contributed by atoms with E-state index in [0.29, 0.717) is 10.8 Å². The number of hydrogen-bond donors (Lipinski definition) is 0. The van der Waals surface area contributed by atoms with Crippen LogP contribution in [0.2, 0.25) is 0 Å². The zero-order valence-electron chi connectivity index (χ0n) is 10.5. The fraction of sp³-hybridized carbons (Fsp3) is 0. The molecule has 0 radical (unpaired) electrons. The fourth-order valence-electron chi connectivity index (χ4n) is 2.87. The van der Waals surface area contributed by atoms with Gasteiger partial charge >= 0.3 is 0 Å². The first-order valence-electron chi connectivity index (χ1n) is 6.44. The Hall–Kier alpha value is -2.48. The molecule has 2 heteroatoms. The first kappa shape index (κ1) is 11.4. The summed E-state index contributed by atoms with van der Waals surface area (Å²) < 4.78 is 28.4. The molecule has 0 unspecified atom stereocenters. The van der Waals surface area contributed by atoms with Crippen LogP contribution in [0, 0.1) is 11.6 Å². The van der Waals surface area contributed by atoms with E-state index >= 15 is 0 Å². The van der Waals surface area contributed by atoms with E-state index in [0.717, 1.165) is 21.5 Å². The molecular weight excluding hydrogens is 254 g/mol. The van der Waals surface area contributed by atoms with Gasteiger partial charge in [0.2, 0.25) is 0 Å². The van der Waals surface area contributed by atoms with Crippen molar-refractivity contribution in [2.75, 3.05) is 0 Å². The number of hydrogen-bond acceptors (Lipinski definition) is 0. The van der Waals surface area contributed by atoms with Crippen molar-refractivity contribution < 1.29 is 8.78 Å². The van der Waals surface area contributed by atoms with E-state index in [4.69, 9.17) is 0 Å². The van der Waals surface area contributed by atoms with E-state index in [-0.39, 0.29) is 0 Å². The van der Waals surface area contributed by atoms with Gasteiger partial charge in [0.15, 0.2) is 11.6 Å². The van der Waals surface area contributed by atoms with Gasteiger partial charge in [0.1, 0.15) is 0 Å². The van der Waals surface area contributed by atoms with E-state index < -0.39 is 11.6 Å². The minimum Gasteiger partial charge on any atom is -0.203 e. The van der Waals surface area contributed by atoms with Crippen LogP contribution < -0.4 is 0 Å². The number of halogens is 2. The van der Waals surface area contributed by atoms with Gasteiger partial charge in [-0.2, -0.15) is 0 Å². The maximum Gasteiger partial charge on any atom is 0.167 e. The molecule has 4 rings (SSSR count). The first-order chi connectivity index (χ1) is 9.77. The van der Waals surface area contributed by atoms with Crippen molar-refractivity contribution in [2.24, 2.45) is 0 Å². The van der Waals surface area contributed by atoms with Crippen LogP contribution in [0.4, 0.5) is 8.78 Å². The molecule has 0 saturated heterocycles. The molecule has 0 amide bonds. The average molecular weight is 264 g/mol. The minimum absolute atomic E-state index is 0.328. The highest BCUT2D eigenvalue weighted by atomic mass is 19.2. The van der Waals surface area contributed by atoms with Crippen LogP contribution in [0.25, 0.3) is 32.3 Å². The molecule has 0 heterocycles. The van der Waals surface area contributed by atoms with Crippen molar-refractivity contribution in [1.29, 1.82) is 0 Å². The highest BCUT2D eigenvalue weighted by Crippen LogP contribution is 2.35. The molecule has 0 fully saturated rings. The maximum absolute atomic E-state index is 14.3. The van der Waals surface area contributed by atoms with Gasteiger partial charge in [-0.05, 0) is 16.2 Å². The topological polar surface area (TPSA) is 0 Å². The van der Waals surface area contributed by atoms with E-state index in [1.54, 1.807) is 18.2 Å². The Kier molecular flexibility index (Phi) is 2.27. The van der Waals surface area contributed by atoms with E-state index in [1.807, 2.05) is 42.5 Å². The van der Waals surface area contributed by atoms with Gasteiger partial charge in [0.05, 0.1) is 0 Å². The highest BCUT2D eigenvalue weighted by Gasteiger charge is 2.15. The number of benzene rings is 4. The second-order valence-corrected chi connectivity index (χ2v) is 4.88. The molecule has 0 atom stereocenters. The summed E-state index contributed by atoms with van der Waals surface area (Å²) in [7, 11) is 0. The Morgan fingerprint density at radius 3 is 1.90 bits per heavy atom. The maximum atomic E-state index is 14.3. The van der Waals surface area contributed by atoms with E-state index in [9.17, 15) is 8.78 Å². The molecule has 0 aliphatic heterocycles. The van der Waals surface area contributed by atoms with E-state index in [1.165, 1.54) is 0 Å². The lowest BCUT2D eigenvalue weighted by molar-refractivity contribution is 0.525. The highest BCUT2D eigenvalue weighted by molar-refractivity contribution is 6.20. The van der Waals surface area contributed by atoms with Gasteiger partial charge in [0.25, 0.3) is 0 Å². The largest absolute Gasteiger partial charge is 0.203 e. The molecular formula is C18H10F2. The van der Waals surface area contributed by atoms with Crippen LogP contribution in [-0.4, -0.2) is 0 Å². The third-order valence-corrected chi connectivity index (χ3v) is 3.79. The summed E-state index contributed by atoms with van der Waals surface area (Å²) in [5.41, 5.74) is 0. The lowest BCUT2D eigenvalue weighted by Crippen LogP contribution is -1.91. The summed E-state index contributed by atoms with van der Waals surface area (Å²) in [6.45, 7) is 0. The molecule has 0 bridgehead atoms. The van der Waals surface area contributed by atoms with Crippen LogP contribution in [0.1, 0.15) is 0 Å². The van der Waals surface area contributed by atoms with Crippen LogP contribution in [-0.2, 0) is 0 Å². The first-order valence-corrected chi connectivity index (χ1v) is 6.44. The van der Waals surface area contributed by atoms with Crippen molar-refractivity contribution in [2.45, 2.75) is 0 Å². The second kappa shape index (κ2) is 4.01. The zero-order chi connectivity index (χ0) is 13.7. The van der Waals surface area contributed by atoms with Crippen molar-refractivity contribution in [3.05, 3.63) is 72.3 Å². The quantitative estimate of drug-likeness (QED) is 0.372. The van der Waals surface area contributed by atoms with Crippen molar-refractivity contribution in [3.8, 4) is 0 Å². The van der Waals surface area contributed by atoms with Gasteiger partial charge in [-0.15, -0.1) is 0 Å². The zero-order valence-corrected chi connectivity index (χ0v) is 10.5. The standard InChI is InChI=1S/C18H10F2/c19-17-14-8-4-3-7-13(14)16-12-6-2-1-5-11(12)9-10-15(16)18(17)20/h1-10H. The van der Waals surface area contributed by atoms with Crippen LogP contribution in [0.15, 0.2) is 60.7 Å². The van der Waals surface area contributed by atoms with Gasteiger partial charge in [-0.3, -0.25) is 0 Å². The predicted molar refractivity (Wildman–Crippen MR) is 78.9 cm³/mol. The Bertz CT molecular complexity index is 971. The van der Waals surface area contributed by atoms with Gasteiger partial charge in [-0.1, -0.05) is 60.7 Å². The van der Waals surface area contributed by atoms with Crippen molar-refractivity contribution in [1.82, 2.24) is 0 Å². The molecule has 0 aliphatic rings. The van der Waals surface area contributed by atoms with Crippen molar-refractivity contribution in [3.63, 3.8) is 0 Å². The van der Waals surface area contributed by atoms with Gasteiger partial charge < -0.3 is 0 Å². The fourth-order valence-corrected chi connectivity index (χ4v) is 2.87. The van der Waals surface area contributed by atoms with Crippen LogP contribution in [0.3, 0.4) is 0 Å². The Morgan fingerprint density at radius 2 is 1.10 bits per heavy atom. The number of fused-ring (bicyclic) bond motifs is 5. The summed E-state index contributed by atoms with van der Waals surface area (Å²) in [6.07, 6.45) is 0. The average Bonchev–Trinajstić information content (AvgIpc) is 2.51. The SMILES string of the molecule is Fc1c(F)c2ccc3ccccc3c2c2ccccc12. The van der Waals surface area contributed by atoms with E-state index in [2.05, 4.69) is 0 Å². The third-order valence-electron chi connectivity index (χ3n) is 3.79. The molecule has 0 nitrogen and oxygen atoms in total. The predicted octanol–water partition coefficient (Wildman–Crippen LogP) is 5.42. The monoisotopic (exact) mass is 264 g/mol. The smallest absolute Gasteiger partial charge is 0.167 e. The normalized spacial score (nSPS) is 11.5. The lowest BCUT2D eigenvalue weighted by atomic mass is 9.96. The summed E-state index contributed by atoms with van der Waals surface area (Å²) >= 11 is 0. The molecule has 0 N–H and O–H groups in total. The molecule has 96 valence electrons.